The van der Waals surface area contributed by atoms with Crippen LogP contribution in [0, 0.1) is 10.1 Å². The summed E-state index contributed by atoms with van der Waals surface area (Å²) < 4.78 is 0. The molecule has 0 saturated heterocycles. The Kier molecular flexibility index (Phi) is 5.67. The topological polar surface area (TPSA) is 105 Å². The van der Waals surface area contributed by atoms with Crippen molar-refractivity contribution in [2.75, 3.05) is 5.32 Å². The molecule has 0 heterocycles. The standard InChI is InChI=1S/C20H14ClN3O4/c21-15-9-14(19(25)18(10-15)24(27)28)12-22-16-7-4-8-17(11-16)23-20(26)13-5-2-1-3-6-13/h1-12,25H,(H,23,26). The molecule has 0 unspecified atom stereocenters. The molecule has 0 saturated carbocycles. The van der Waals surface area contributed by atoms with E-state index in [1.807, 2.05) is 6.07 Å². The van der Waals surface area contributed by atoms with E-state index >= 15 is 0 Å². The van der Waals surface area contributed by atoms with Crippen LogP contribution < -0.4 is 5.32 Å². The first-order valence-corrected chi connectivity index (χ1v) is 8.49. The second-order valence-corrected chi connectivity index (χ2v) is 6.18. The average molecular weight is 396 g/mol. The molecule has 0 bridgehead atoms. The lowest BCUT2D eigenvalue weighted by atomic mass is 10.2. The van der Waals surface area contributed by atoms with Gasteiger partial charge in [0.05, 0.1) is 10.6 Å². The number of hydrogen-bond acceptors (Lipinski definition) is 5. The average Bonchev–Trinajstić information content (AvgIpc) is 2.69. The smallest absolute Gasteiger partial charge is 0.312 e. The Bertz CT molecular complexity index is 1070. The Morgan fingerprint density at radius 1 is 1.11 bits per heavy atom. The monoisotopic (exact) mass is 395 g/mol. The molecule has 0 spiro atoms. The minimum atomic E-state index is -0.724. The molecule has 28 heavy (non-hydrogen) atoms. The molecule has 7 nitrogen and oxygen atoms in total. The molecule has 3 aromatic rings. The number of nitro benzene ring substituents is 1. The zero-order valence-corrected chi connectivity index (χ0v) is 15.1. The molecule has 0 atom stereocenters. The van der Waals surface area contributed by atoms with E-state index in [1.165, 1.54) is 12.3 Å². The first-order chi connectivity index (χ1) is 13.4. The number of rotatable bonds is 5. The summed E-state index contributed by atoms with van der Waals surface area (Å²) in [6.07, 6.45) is 1.27. The summed E-state index contributed by atoms with van der Waals surface area (Å²) in [4.78, 5) is 26.7. The van der Waals surface area contributed by atoms with Gasteiger partial charge in [-0.1, -0.05) is 35.9 Å². The van der Waals surface area contributed by atoms with Gasteiger partial charge in [0.25, 0.3) is 5.91 Å². The van der Waals surface area contributed by atoms with E-state index in [1.54, 1.807) is 48.5 Å². The molecule has 0 radical (unpaired) electrons. The molecule has 2 N–H and O–H groups in total. The molecule has 3 aromatic carbocycles. The number of nitro groups is 1. The summed E-state index contributed by atoms with van der Waals surface area (Å²) in [7, 11) is 0. The van der Waals surface area contributed by atoms with Crippen LogP contribution in [0.3, 0.4) is 0 Å². The van der Waals surface area contributed by atoms with E-state index < -0.39 is 16.4 Å². The largest absolute Gasteiger partial charge is 0.502 e. The summed E-state index contributed by atoms with van der Waals surface area (Å²) in [6.45, 7) is 0. The molecule has 0 aromatic heterocycles. The van der Waals surface area contributed by atoms with Crippen LogP contribution in [0.2, 0.25) is 5.02 Å². The van der Waals surface area contributed by atoms with Crippen LogP contribution >= 0.6 is 11.6 Å². The third kappa shape index (κ3) is 4.52. The van der Waals surface area contributed by atoms with Crippen molar-refractivity contribution in [1.29, 1.82) is 0 Å². The van der Waals surface area contributed by atoms with E-state index in [9.17, 15) is 20.0 Å². The lowest BCUT2D eigenvalue weighted by molar-refractivity contribution is -0.385. The van der Waals surface area contributed by atoms with Crippen molar-refractivity contribution in [3.63, 3.8) is 0 Å². The van der Waals surface area contributed by atoms with Gasteiger partial charge in [-0.2, -0.15) is 0 Å². The van der Waals surface area contributed by atoms with Gasteiger partial charge in [-0.3, -0.25) is 19.9 Å². The van der Waals surface area contributed by atoms with Crippen LogP contribution in [-0.4, -0.2) is 22.2 Å². The number of anilines is 1. The fourth-order valence-electron chi connectivity index (χ4n) is 2.44. The summed E-state index contributed by atoms with van der Waals surface area (Å²) >= 11 is 5.86. The van der Waals surface area contributed by atoms with Crippen LogP contribution in [0.5, 0.6) is 5.75 Å². The molecule has 0 aliphatic carbocycles. The predicted octanol–water partition coefficient (Wildman–Crippen LogP) is 4.96. The third-order valence-electron chi connectivity index (χ3n) is 3.77. The molecular weight excluding hydrogens is 382 g/mol. The fourth-order valence-corrected chi connectivity index (χ4v) is 2.66. The Hall–Kier alpha value is -3.71. The molecular formula is C20H14ClN3O4. The van der Waals surface area contributed by atoms with Gasteiger partial charge in [0.2, 0.25) is 5.75 Å². The number of aliphatic imine (C=N–C) groups is 1. The molecule has 0 fully saturated rings. The molecule has 3 rings (SSSR count). The van der Waals surface area contributed by atoms with E-state index in [-0.39, 0.29) is 16.5 Å². The van der Waals surface area contributed by atoms with Crippen molar-refractivity contribution in [1.82, 2.24) is 0 Å². The van der Waals surface area contributed by atoms with Gasteiger partial charge in [-0.05, 0) is 36.4 Å². The van der Waals surface area contributed by atoms with E-state index in [4.69, 9.17) is 11.6 Å². The molecule has 8 heteroatoms. The van der Waals surface area contributed by atoms with Crippen LogP contribution in [0.4, 0.5) is 17.1 Å². The zero-order valence-electron chi connectivity index (χ0n) is 14.4. The van der Waals surface area contributed by atoms with Gasteiger partial charge < -0.3 is 10.4 Å². The number of phenolic OH excluding ortho intramolecular Hbond substituents is 1. The first kappa shape index (κ1) is 19.1. The molecule has 0 aliphatic heterocycles. The summed E-state index contributed by atoms with van der Waals surface area (Å²) in [6, 6.07) is 17.9. The number of carbonyl (C=O) groups is 1. The SMILES string of the molecule is O=C(Nc1cccc(N=Cc2cc(Cl)cc([N+](=O)[O-])c2O)c1)c1ccccc1. The maximum absolute atomic E-state index is 12.2. The molecule has 0 aliphatic rings. The highest BCUT2D eigenvalue weighted by molar-refractivity contribution is 6.31. The minimum Gasteiger partial charge on any atom is -0.502 e. The fraction of sp³-hybridized carbons (Fsp3) is 0. The van der Waals surface area contributed by atoms with Crippen molar-refractivity contribution >= 4 is 40.8 Å². The van der Waals surface area contributed by atoms with Gasteiger partial charge in [0.15, 0.2) is 0 Å². The first-order valence-electron chi connectivity index (χ1n) is 8.11. The van der Waals surface area contributed by atoms with Crippen molar-refractivity contribution in [3.05, 3.63) is 93.0 Å². The predicted molar refractivity (Wildman–Crippen MR) is 108 cm³/mol. The Morgan fingerprint density at radius 3 is 2.57 bits per heavy atom. The highest BCUT2D eigenvalue weighted by Gasteiger charge is 2.17. The quantitative estimate of drug-likeness (QED) is 0.362. The lowest BCUT2D eigenvalue weighted by Gasteiger charge is -2.06. The van der Waals surface area contributed by atoms with Gasteiger partial charge in [-0.15, -0.1) is 0 Å². The van der Waals surface area contributed by atoms with Gasteiger partial charge in [0.1, 0.15) is 0 Å². The maximum Gasteiger partial charge on any atom is 0.312 e. The zero-order chi connectivity index (χ0) is 20.1. The second kappa shape index (κ2) is 8.32. The number of phenols is 1. The van der Waals surface area contributed by atoms with Gasteiger partial charge >= 0.3 is 5.69 Å². The number of carbonyl (C=O) groups excluding carboxylic acids is 1. The van der Waals surface area contributed by atoms with Crippen LogP contribution in [-0.2, 0) is 0 Å². The van der Waals surface area contributed by atoms with Crippen molar-refractivity contribution < 1.29 is 14.8 Å². The van der Waals surface area contributed by atoms with E-state index in [2.05, 4.69) is 10.3 Å². The Labute approximate surface area is 165 Å². The summed E-state index contributed by atoms with van der Waals surface area (Å²) in [5, 5.41) is 23.9. The third-order valence-corrected chi connectivity index (χ3v) is 3.99. The van der Waals surface area contributed by atoms with Crippen molar-refractivity contribution in [2.45, 2.75) is 0 Å². The Balaban J connectivity index is 1.82. The van der Waals surface area contributed by atoms with Crippen molar-refractivity contribution in [3.8, 4) is 5.75 Å². The number of amides is 1. The maximum atomic E-state index is 12.2. The lowest BCUT2D eigenvalue weighted by Crippen LogP contribution is -2.11. The van der Waals surface area contributed by atoms with E-state index in [0.29, 0.717) is 16.9 Å². The van der Waals surface area contributed by atoms with Gasteiger partial charge in [-0.25, -0.2) is 0 Å². The summed E-state index contributed by atoms with van der Waals surface area (Å²) in [5.74, 6) is -0.781. The number of benzene rings is 3. The number of nitrogens with one attached hydrogen (secondary N) is 1. The van der Waals surface area contributed by atoms with E-state index in [0.717, 1.165) is 6.07 Å². The normalized spacial score (nSPS) is 10.8. The number of aromatic hydroxyl groups is 1. The Morgan fingerprint density at radius 2 is 1.86 bits per heavy atom. The number of halogens is 1. The highest BCUT2D eigenvalue weighted by atomic mass is 35.5. The number of hydrogen-bond donors (Lipinski definition) is 2. The second-order valence-electron chi connectivity index (χ2n) is 5.75. The molecule has 140 valence electrons. The van der Waals surface area contributed by atoms with Crippen LogP contribution in [0.15, 0.2) is 71.7 Å². The summed E-state index contributed by atoms with van der Waals surface area (Å²) in [5.41, 5.74) is 1.14. The minimum absolute atomic E-state index is 0.106. The number of nitrogens with zero attached hydrogens (tertiary/aromatic N) is 2. The highest BCUT2D eigenvalue weighted by Crippen LogP contribution is 2.32. The molecule has 1 amide bonds. The van der Waals surface area contributed by atoms with Crippen LogP contribution in [0.25, 0.3) is 0 Å². The van der Waals surface area contributed by atoms with Crippen LogP contribution in [0.1, 0.15) is 15.9 Å². The van der Waals surface area contributed by atoms with Gasteiger partial charge in [0, 0.05) is 34.1 Å². The van der Waals surface area contributed by atoms with Crippen molar-refractivity contribution in [2.24, 2.45) is 4.99 Å².